The second-order valence-corrected chi connectivity index (χ2v) is 23.9. The fourth-order valence-electron chi connectivity index (χ4n) is 10.7. The van der Waals surface area contributed by atoms with Crippen LogP contribution in [0.25, 0.3) is 0 Å². The Labute approximate surface area is 497 Å². The highest BCUT2D eigenvalue weighted by molar-refractivity contribution is 5.80. The van der Waals surface area contributed by atoms with Gasteiger partial charge in [-0.2, -0.15) is 0 Å². The van der Waals surface area contributed by atoms with E-state index in [-0.39, 0.29) is 19.4 Å². The quantitative estimate of drug-likeness (QED) is 0.0195. The summed E-state index contributed by atoms with van der Waals surface area (Å²) in [7, 11) is 0. The van der Waals surface area contributed by atoms with Gasteiger partial charge in [-0.1, -0.05) is 281 Å². The number of esters is 1. The van der Waals surface area contributed by atoms with Crippen LogP contribution in [0.5, 0.6) is 0 Å². The van der Waals surface area contributed by atoms with E-state index in [2.05, 4.69) is 62.5 Å². The predicted octanol–water partition coefficient (Wildman–Crippen LogP) is 17.2. The van der Waals surface area contributed by atoms with Gasteiger partial charge < -0.3 is 45.1 Å². The molecule has 0 saturated carbocycles. The summed E-state index contributed by atoms with van der Waals surface area (Å²) in [5.74, 6) is -1.19. The van der Waals surface area contributed by atoms with E-state index in [0.29, 0.717) is 12.8 Å². The van der Waals surface area contributed by atoms with E-state index in [1.54, 1.807) is 6.08 Å². The lowest BCUT2D eigenvalue weighted by atomic mass is 9.99. The molecule has 1 rings (SSSR count). The fourth-order valence-corrected chi connectivity index (χ4v) is 10.7. The highest BCUT2D eigenvalue weighted by Gasteiger charge is 2.47. The minimum absolute atomic E-state index is 0.126. The van der Waals surface area contributed by atoms with Gasteiger partial charge >= 0.3 is 5.97 Å². The molecular weight excluding hydrogens is 1010 g/mol. The summed E-state index contributed by atoms with van der Waals surface area (Å²) >= 11 is 0. The van der Waals surface area contributed by atoms with Gasteiger partial charge in [-0.15, -0.1) is 0 Å². The third-order valence-electron chi connectivity index (χ3n) is 16.2. The number of rotatable bonds is 59. The van der Waals surface area contributed by atoms with Crippen LogP contribution in [0.2, 0.25) is 0 Å². The number of ether oxygens (including phenoxy) is 3. The Morgan fingerprint density at radius 3 is 1.31 bits per heavy atom. The van der Waals surface area contributed by atoms with Gasteiger partial charge in [0.15, 0.2) is 12.4 Å². The number of hydrogen-bond donors (Lipinski definition) is 6. The summed E-state index contributed by atoms with van der Waals surface area (Å²) in [6.45, 7) is 5.77. The van der Waals surface area contributed by atoms with Crippen molar-refractivity contribution in [2.45, 2.75) is 372 Å². The Balaban J connectivity index is 2.52. The van der Waals surface area contributed by atoms with Crippen molar-refractivity contribution in [3.05, 3.63) is 48.6 Å². The summed E-state index contributed by atoms with van der Waals surface area (Å²) in [6.07, 6.45) is 61.6. The number of hydrogen-bond acceptors (Lipinski definition) is 10. The molecule has 0 radical (unpaired) electrons. The number of amides is 1. The number of aliphatic hydroxyl groups is 5. The minimum Gasteiger partial charge on any atom is -0.454 e. The van der Waals surface area contributed by atoms with Gasteiger partial charge in [-0.25, -0.2) is 0 Å². The Morgan fingerprint density at radius 1 is 0.481 bits per heavy atom. The van der Waals surface area contributed by atoms with Gasteiger partial charge in [-0.05, 0) is 83.5 Å². The molecule has 1 fully saturated rings. The zero-order valence-electron chi connectivity index (χ0n) is 52.7. The lowest BCUT2D eigenvalue weighted by Crippen LogP contribution is -2.61. The predicted molar refractivity (Wildman–Crippen MR) is 338 cm³/mol. The van der Waals surface area contributed by atoms with Gasteiger partial charge in [0.1, 0.15) is 24.4 Å². The van der Waals surface area contributed by atoms with Gasteiger partial charge in [-0.3, -0.25) is 9.59 Å². The fraction of sp³-hybridized carbons (Fsp3) is 0.857. The largest absolute Gasteiger partial charge is 0.454 e. The highest BCUT2D eigenvalue weighted by atomic mass is 16.7. The van der Waals surface area contributed by atoms with E-state index >= 15 is 0 Å². The molecule has 81 heavy (non-hydrogen) atoms. The van der Waals surface area contributed by atoms with Crippen LogP contribution in [0.4, 0.5) is 0 Å². The van der Waals surface area contributed by atoms with Gasteiger partial charge in [0.2, 0.25) is 5.91 Å². The normalized spacial score (nSPS) is 18.9. The Kier molecular flexibility index (Phi) is 54.9. The molecule has 1 aliphatic heterocycles. The third kappa shape index (κ3) is 45.6. The first-order valence-corrected chi connectivity index (χ1v) is 34.4. The van der Waals surface area contributed by atoms with Crippen LogP contribution in [0.1, 0.15) is 323 Å². The van der Waals surface area contributed by atoms with E-state index in [4.69, 9.17) is 14.2 Å². The first-order chi connectivity index (χ1) is 39.7. The highest BCUT2D eigenvalue weighted by Crippen LogP contribution is 2.26. The van der Waals surface area contributed by atoms with E-state index in [1.807, 2.05) is 6.08 Å². The van der Waals surface area contributed by atoms with Crippen LogP contribution in [0, 0.1) is 0 Å². The molecule has 0 aromatic rings. The summed E-state index contributed by atoms with van der Waals surface area (Å²) in [6, 6.07) is -1.02. The van der Waals surface area contributed by atoms with Crippen molar-refractivity contribution in [3.63, 3.8) is 0 Å². The number of allylic oxidation sites excluding steroid dienone is 7. The van der Waals surface area contributed by atoms with E-state index in [0.717, 1.165) is 77.0 Å². The molecule has 1 aliphatic rings. The van der Waals surface area contributed by atoms with Crippen molar-refractivity contribution in [2.75, 3.05) is 13.2 Å². The van der Waals surface area contributed by atoms with Crippen molar-refractivity contribution in [3.8, 4) is 0 Å². The summed E-state index contributed by atoms with van der Waals surface area (Å²) < 4.78 is 17.7. The lowest BCUT2D eigenvalue weighted by Gasteiger charge is -2.41. The Bertz CT molecular complexity index is 1500. The third-order valence-corrected chi connectivity index (χ3v) is 16.2. The van der Waals surface area contributed by atoms with E-state index < -0.39 is 67.4 Å². The Hall–Kier alpha value is -2.38. The van der Waals surface area contributed by atoms with Crippen LogP contribution in [0.15, 0.2) is 48.6 Å². The molecular formula is C70H129NO10. The molecule has 0 aromatic carbocycles. The SMILES string of the molecule is CCCCC/C=C\C/C=C\CCCCCCCCCCCCCCCCCCCC(=O)OC1C(OCC(NC(=O)C(O)CCCCCCCC/C=C\CCCCCC)C(O)/C=C/CCCCCCCCCCC)OC(CO)C(O)C1O. The average molecular weight is 1140 g/mol. The van der Waals surface area contributed by atoms with Crippen LogP contribution < -0.4 is 5.32 Å². The van der Waals surface area contributed by atoms with Crippen LogP contribution in [0.3, 0.4) is 0 Å². The number of unbranched alkanes of at least 4 members (excludes halogenated alkanes) is 39. The molecule has 0 spiro atoms. The standard InChI is InChI=1S/C70H129NO10/c1-4-7-10-13-16-19-22-24-26-27-28-29-30-31-32-33-34-35-36-37-38-40-43-46-49-52-55-58-65(75)81-68-67(77)66(76)64(59-72)80-70(68)79-60-61(62(73)56-53-50-47-44-41-21-18-15-12-9-6-3)71-69(78)63(74)57-54-51-48-45-42-39-25-23-20-17-14-11-8-5-2/h16,19-20,23-24,26,53,56,61-64,66-68,70,72-74,76-77H,4-15,17-18,21-22,25,27-52,54-55,57-60H2,1-3H3,(H,71,78)/b19-16-,23-20-,26-24-,56-53+. The van der Waals surface area contributed by atoms with E-state index in [1.165, 1.54) is 199 Å². The Morgan fingerprint density at radius 2 is 0.852 bits per heavy atom. The number of aliphatic hydroxyl groups excluding tert-OH is 5. The van der Waals surface area contributed by atoms with Crippen molar-refractivity contribution in [2.24, 2.45) is 0 Å². The minimum atomic E-state index is -1.61. The van der Waals surface area contributed by atoms with Gasteiger partial charge in [0.05, 0.1) is 25.4 Å². The molecule has 1 heterocycles. The maximum atomic E-state index is 13.4. The van der Waals surface area contributed by atoms with Crippen LogP contribution in [-0.2, 0) is 23.8 Å². The number of nitrogens with one attached hydrogen (secondary N) is 1. The maximum absolute atomic E-state index is 13.4. The van der Waals surface area contributed by atoms with Crippen molar-refractivity contribution >= 4 is 11.9 Å². The summed E-state index contributed by atoms with van der Waals surface area (Å²) in [4.78, 5) is 26.6. The zero-order valence-corrected chi connectivity index (χ0v) is 52.7. The molecule has 11 nitrogen and oxygen atoms in total. The molecule has 0 bridgehead atoms. The van der Waals surface area contributed by atoms with Gasteiger partial charge in [0, 0.05) is 6.42 Å². The van der Waals surface area contributed by atoms with Crippen LogP contribution >= 0.6 is 0 Å². The molecule has 8 unspecified atom stereocenters. The number of carbonyl (C=O) groups excluding carboxylic acids is 2. The van der Waals surface area contributed by atoms with Crippen molar-refractivity contribution < 1.29 is 49.3 Å². The summed E-state index contributed by atoms with van der Waals surface area (Å²) in [5.41, 5.74) is 0. The zero-order chi connectivity index (χ0) is 58.9. The molecule has 8 atom stereocenters. The molecule has 11 heteroatoms. The average Bonchev–Trinajstić information content (AvgIpc) is 3.49. The maximum Gasteiger partial charge on any atom is 0.306 e. The van der Waals surface area contributed by atoms with Crippen molar-refractivity contribution in [1.29, 1.82) is 0 Å². The van der Waals surface area contributed by atoms with Gasteiger partial charge in [0.25, 0.3) is 0 Å². The first kappa shape index (κ1) is 76.6. The molecule has 1 amide bonds. The second-order valence-electron chi connectivity index (χ2n) is 23.9. The second kappa shape index (κ2) is 58.0. The van der Waals surface area contributed by atoms with Crippen molar-refractivity contribution in [1.82, 2.24) is 5.32 Å². The first-order valence-electron chi connectivity index (χ1n) is 34.4. The number of carbonyl (C=O) groups is 2. The monoisotopic (exact) mass is 1140 g/mol. The lowest BCUT2D eigenvalue weighted by molar-refractivity contribution is -0.305. The smallest absolute Gasteiger partial charge is 0.306 e. The molecule has 6 N–H and O–H groups in total. The molecule has 1 saturated heterocycles. The topological polar surface area (TPSA) is 175 Å². The van der Waals surface area contributed by atoms with Crippen LogP contribution in [-0.4, -0.2) is 99.6 Å². The molecule has 0 aliphatic carbocycles. The molecule has 474 valence electrons. The summed E-state index contributed by atoms with van der Waals surface area (Å²) in [5, 5.41) is 57.1. The molecule has 0 aromatic heterocycles. The van der Waals surface area contributed by atoms with E-state index in [9.17, 15) is 35.1 Å².